The van der Waals surface area contributed by atoms with E-state index in [1.807, 2.05) is 12.1 Å². The van der Waals surface area contributed by atoms with Crippen LogP contribution >= 0.6 is 0 Å². The van der Waals surface area contributed by atoms with E-state index in [1.54, 1.807) is 12.1 Å². The van der Waals surface area contributed by atoms with Crippen LogP contribution in [0.2, 0.25) is 0 Å². The summed E-state index contributed by atoms with van der Waals surface area (Å²) in [4.78, 5) is 26.7. The average molecular weight is 382 g/mol. The number of carbonyl (C=O) groups is 2. The van der Waals surface area contributed by atoms with Crippen molar-refractivity contribution in [2.45, 2.75) is 63.6 Å². The molecule has 3 N–H and O–H groups in total. The van der Waals surface area contributed by atoms with Crippen LogP contribution in [0.5, 0.6) is 0 Å². The molecule has 5 fully saturated rings. The maximum Gasteiger partial charge on any atom is 0.248 e. The zero-order chi connectivity index (χ0) is 19.3. The van der Waals surface area contributed by atoms with E-state index in [1.165, 1.54) is 32.1 Å². The number of benzene rings is 1. The van der Waals surface area contributed by atoms with Crippen LogP contribution in [0.4, 0.5) is 0 Å². The minimum atomic E-state index is -0.402. The molecule has 5 nitrogen and oxygen atoms in total. The summed E-state index contributed by atoms with van der Waals surface area (Å²) in [6.45, 7) is 1.70. The van der Waals surface area contributed by atoms with Gasteiger partial charge in [-0.15, -0.1) is 0 Å². The lowest BCUT2D eigenvalue weighted by Crippen LogP contribution is -2.58. The molecule has 0 spiro atoms. The molecule has 1 aromatic carbocycles. The molecule has 4 aliphatic carbocycles. The smallest absolute Gasteiger partial charge is 0.248 e. The summed E-state index contributed by atoms with van der Waals surface area (Å²) in [5.41, 5.74) is 6.98. The Hall–Kier alpha value is -1.88. The predicted octanol–water partition coefficient (Wildman–Crippen LogP) is 2.69. The molecule has 4 saturated carbocycles. The average Bonchev–Trinajstić information content (AvgIpc) is 3.12. The van der Waals surface area contributed by atoms with Gasteiger partial charge in [0.15, 0.2) is 0 Å². The largest absolute Gasteiger partial charge is 0.366 e. The Morgan fingerprint density at radius 1 is 1.00 bits per heavy atom. The van der Waals surface area contributed by atoms with Crippen LogP contribution in [0, 0.1) is 23.7 Å². The summed E-state index contributed by atoms with van der Waals surface area (Å²) >= 11 is 0. The first kappa shape index (κ1) is 18.2. The third-order valence-electron chi connectivity index (χ3n) is 7.83. The van der Waals surface area contributed by atoms with Gasteiger partial charge in [0.25, 0.3) is 0 Å². The summed E-state index contributed by atoms with van der Waals surface area (Å²) < 4.78 is 0. The zero-order valence-corrected chi connectivity index (χ0v) is 16.5. The quantitative estimate of drug-likeness (QED) is 0.823. The van der Waals surface area contributed by atoms with Gasteiger partial charge in [0, 0.05) is 18.2 Å². The monoisotopic (exact) mass is 381 g/mol. The van der Waals surface area contributed by atoms with Gasteiger partial charge in [-0.1, -0.05) is 12.1 Å². The van der Waals surface area contributed by atoms with Gasteiger partial charge in [-0.05, 0) is 92.9 Å². The number of nitrogens with one attached hydrogen (secondary N) is 1. The van der Waals surface area contributed by atoms with Crippen molar-refractivity contribution in [3.63, 3.8) is 0 Å². The molecule has 1 atom stereocenters. The Bertz CT molecular complexity index is 732. The van der Waals surface area contributed by atoms with Gasteiger partial charge >= 0.3 is 0 Å². The molecule has 1 heterocycles. The molecule has 5 aliphatic rings. The van der Waals surface area contributed by atoms with Crippen LogP contribution in [0.1, 0.15) is 60.9 Å². The second-order valence-electron chi connectivity index (χ2n) is 9.65. The minimum absolute atomic E-state index is 0.0204. The second kappa shape index (κ2) is 7.18. The fourth-order valence-corrected chi connectivity index (χ4v) is 6.74. The Morgan fingerprint density at radius 2 is 1.64 bits per heavy atom. The van der Waals surface area contributed by atoms with Crippen molar-refractivity contribution in [2.75, 3.05) is 6.54 Å². The first-order valence-corrected chi connectivity index (χ1v) is 11.0. The number of rotatable bonds is 5. The minimum Gasteiger partial charge on any atom is -0.366 e. The topological polar surface area (TPSA) is 75.4 Å². The van der Waals surface area contributed by atoms with Crippen LogP contribution < -0.4 is 11.1 Å². The van der Waals surface area contributed by atoms with Crippen molar-refractivity contribution in [3.05, 3.63) is 35.4 Å². The predicted molar refractivity (Wildman–Crippen MR) is 107 cm³/mol. The molecule has 1 saturated heterocycles. The highest BCUT2D eigenvalue weighted by Gasteiger charge is 2.49. The Morgan fingerprint density at radius 3 is 2.25 bits per heavy atom. The molecule has 1 aromatic rings. The fourth-order valence-electron chi connectivity index (χ4n) is 6.74. The van der Waals surface area contributed by atoms with Gasteiger partial charge in [0.05, 0.1) is 6.04 Å². The van der Waals surface area contributed by atoms with Crippen molar-refractivity contribution in [2.24, 2.45) is 29.4 Å². The zero-order valence-electron chi connectivity index (χ0n) is 16.5. The van der Waals surface area contributed by atoms with Gasteiger partial charge in [0.2, 0.25) is 11.8 Å². The lowest BCUT2D eigenvalue weighted by molar-refractivity contribution is -0.129. The molecule has 0 unspecified atom stereocenters. The molecule has 5 heteroatoms. The molecular weight excluding hydrogens is 350 g/mol. The van der Waals surface area contributed by atoms with Crippen LogP contribution in [-0.2, 0) is 11.3 Å². The van der Waals surface area contributed by atoms with Gasteiger partial charge in [-0.3, -0.25) is 14.5 Å². The fraction of sp³-hybridized carbons (Fsp3) is 0.652. The van der Waals surface area contributed by atoms with E-state index in [9.17, 15) is 9.59 Å². The van der Waals surface area contributed by atoms with E-state index in [0.29, 0.717) is 11.6 Å². The lowest BCUT2D eigenvalue weighted by atomic mass is 9.54. The van der Waals surface area contributed by atoms with E-state index >= 15 is 0 Å². The van der Waals surface area contributed by atoms with Crippen LogP contribution in [0.3, 0.4) is 0 Å². The molecule has 4 bridgehead atoms. The molecule has 28 heavy (non-hydrogen) atoms. The van der Waals surface area contributed by atoms with E-state index in [0.717, 1.165) is 55.2 Å². The lowest BCUT2D eigenvalue weighted by Gasteiger charge is -2.54. The van der Waals surface area contributed by atoms with Crippen LogP contribution in [0.15, 0.2) is 24.3 Å². The highest BCUT2D eigenvalue weighted by atomic mass is 16.2. The van der Waals surface area contributed by atoms with Crippen molar-refractivity contribution >= 4 is 11.8 Å². The number of amides is 2. The molecule has 0 radical (unpaired) electrons. The van der Waals surface area contributed by atoms with Gasteiger partial charge in [0.1, 0.15) is 0 Å². The summed E-state index contributed by atoms with van der Waals surface area (Å²) in [6, 6.07) is 7.84. The number of nitrogens with zero attached hydrogens (tertiary/aromatic N) is 1. The number of likely N-dealkylation sites (tertiary alicyclic amines) is 1. The van der Waals surface area contributed by atoms with E-state index in [-0.39, 0.29) is 11.9 Å². The number of nitrogens with two attached hydrogens (primary N) is 1. The third-order valence-corrected chi connectivity index (χ3v) is 7.83. The standard InChI is InChI=1S/C23H31N3O2/c24-22(27)17-5-3-14(4-6-17)13-26-7-1-2-20(26)23(28)25-21-18-9-15-8-16(11-18)12-19(21)10-15/h3-6,15-16,18-21H,1-2,7-13H2,(H2,24,27)(H,25,28)/t15?,16?,18?,19?,20-,21?/m0/s1. The van der Waals surface area contributed by atoms with Crippen LogP contribution in [-0.4, -0.2) is 35.3 Å². The van der Waals surface area contributed by atoms with E-state index < -0.39 is 5.91 Å². The van der Waals surface area contributed by atoms with E-state index in [2.05, 4.69) is 10.2 Å². The van der Waals surface area contributed by atoms with Gasteiger partial charge < -0.3 is 11.1 Å². The number of primary amides is 1. The number of hydrogen-bond acceptors (Lipinski definition) is 3. The molecule has 150 valence electrons. The highest BCUT2D eigenvalue weighted by molar-refractivity contribution is 5.92. The summed E-state index contributed by atoms with van der Waals surface area (Å²) in [7, 11) is 0. The highest BCUT2D eigenvalue weighted by Crippen LogP contribution is 2.53. The van der Waals surface area contributed by atoms with Crippen molar-refractivity contribution in [3.8, 4) is 0 Å². The number of carbonyl (C=O) groups excluding carboxylic acids is 2. The Balaban J connectivity index is 1.22. The molecular formula is C23H31N3O2. The molecule has 6 rings (SSSR count). The van der Waals surface area contributed by atoms with Crippen LogP contribution in [0.25, 0.3) is 0 Å². The Kier molecular flexibility index (Phi) is 4.66. The summed E-state index contributed by atoms with van der Waals surface area (Å²) in [5.74, 6) is 3.14. The maximum atomic E-state index is 13.2. The normalized spacial score (nSPS) is 36.6. The van der Waals surface area contributed by atoms with E-state index in [4.69, 9.17) is 5.73 Å². The van der Waals surface area contributed by atoms with Crippen molar-refractivity contribution in [1.82, 2.24) is 10.2 Å². The maximum absolute atomic E-state index is 13.2. The van der Waals surface area contributed by atoms with Gasteiger partial charge in [-0.25, -0.2) is 0 Å². The first-order chi connectivity index (χ1) is 13.6. The van der Waals surface area contributed by atoms with Gasteiger partial charge in [-0.2, -0.15) is 0 Å². The Labute approximate surface area is 167 Å². The third kappa shape index (κ3) is 3.34. The first-order valence-electron chi connectivity index (χ1n) is 11.0. The van der Waals surface area contributed by atoms with Crippen molar-refractivity contribution in [1.29, 1.82) is 0 Å². The molecule has 0 aromatic heterocycles. The molecule has 2 amide bonds. The SMILES string of the molecule is NC(=O)c1ccc(CN2CCC[C@H]2C(=O)NC2C3CC4CC(C3)CC2C4)cc1. The van der Waals surface area contributed by atoms with Crippen molar-refractivity contribution < 1.29 is 9.59 Å². The molecule has 1 aliphatic heterocycles. The second-order valence-corrected chi connectivity index (χ2v) is 9.65. The number of hydrogen-bond donors (Lipinski definition) is 2. The summed E-state index contributed by atoms with van der Waals surface area (Å²) in [5, 5.41) is 3.50. The summed E-state index contributed by atoms with van der Waals surface area (Å²) in [6.07, 6.45) is 8.78.